The molecule has 4 aromatic carbocycles. The van der Waals surface area contributed by atoms with Crippen molar-refractivity contribution in [3.05, 3.63) is 118 Å². The molecule has 0 aliphatic carbocycles. The molecule has 0 aromatic heterocycles. The molecule has 0 heterocycles. The van der Waals surface area contributed by atoms with Gasteiger partial charge >= 0.3 is 0 Å². The highest BCUT2D eigenvalue weighted by atomic mass is 35.5. The molecule has 1 amide bonds. The third-order valence-corrected chi connectivity index (χ3v) is 7.27. The molecule has 0 saturated carbocycles. The Hall–Kier alpha value is -3.85. The van der Waals surface area contributed by atoms with Gasteiger partial charge in [-0.1, -0.05) is 53.5 Å². The Morgan fingerprint density at radius 2 is 1.47 bits per heavy atom. The van der Waals surface area contributed by atoms with Gasteiger partial charge in [0.15, 0.2) is 5.78 Å². The Labute approximate surface area is 230 Å². The number of ether oxygens (including phenoxy) is 1. The minimum absolute atomic E-state index is 0.0592. The molecule has 4 aromatic rings. The normalized spacial score (nSPS) is 11.0. The van der Waals surface area contributed by atoms with Gasteiger partial charge in [0.05, 0.1) is 22.9 Å². The zero-order chi connectivity index (χ0) is 27.3. The molecule has 0 unspecified atom stereocenters. The average molecular weight is 569 g/mol. The number of hydrogen-bond donors (Lipinski definition) is 2. The lowest BCUT2D eigenvalue weighted by Gasteiger charge is -2.16. The standard InChI is InChI=1S/C28H22Cl2N2O5S/c1-2-37-26-15-13-22(17-25(26)31-28(34)19-8-10-20(29)11-9-19)38(35,36)32-24-14-12-21(30)16-23(24)27(33)18-6-4-3-5-7-18/h3-17,32H,2H2,1H3,(H,31,34). The van der Waals surface area contributed by atoms with E-state index in [0.29, 0.717) is 28.5 Å². The molecule has 7 nitrogen and oxygen atoms in total. The van der Waals surface area contributed by atoms with E-state index < -0.39 is 21.7 Å². The number of nitrogens with one attached hydrogen (secondary N) is 2. The van der Waals surface area contributed by atoms with E-state index in [1.807, 2.05) is 0 Å². The van der Waals surface area contributed by atoms with Crippen LogP contribution in [0.25, 0.3) is 0 Å². The van der Waals surface area contributed by atoms with Crippen LogP contribution in [0.2, 0.25) is 10.0 Å². The second-order valence-corrected chi connectivity index (χ2v) is 10.6. The predicted molar refractivity (Wildman–Crippen MR) is 149 cm³/mol. The number of anilines is 2. The molecule has 38 heavy (non-hydrogen) atoms. The van der Waals surface area contributed by atoms with Crippen LogP contribution in [0, 0.1) is 0 Å². The maximum Gasteiger partial charge on any atom is 0.261 e. The molecule has 0 aliphatic rings. The van der Waals surface area contributed by atoms with Crippen LogP contribution < -0.4 is 14.8 Å². The molecule has 0 fully saturated rings. The van der Waals surface area contributed by atoms with Gasteiger partial charge in [-0.3, -0.25) is 14.3 Å². The lowest BCUT2D eigenvalue weighted by atomic mass is 10.0. The van der Waals surface area contributed by atoms with E-state index >= 15 is 0 Å². The fourth-order valence-electron chi connectivity index (χ4n) is 3.59. The van der Waals surface area contributed by atoms with Gasteiger partial charge in [-0.15, -0.1) is 0 Å². The third-order valence-electron chi connectivity index (χ3n) is 5.42. The van der Waals surface area contributed by atoms with Gasteiger partial charge in [0.1, 0.15) is 5.75 Å². The fourth-order valence-corrected chi connectivity index (χ4v) is 5.00. The summed E-state index contributed by atoms with van der Waals surface area (Å²) in [4.78, 5) is 25.8. The Bertz CT molecular complexity index is 1590. The van der Waals surface area contributed by atoms with Gasteiger partial charge in [0.2, 0.25) is 0 Å². The molecule has 4 rings (SSSR count). The number of sulfonamides is 1. The summed E-state index contributed by atoms with van der Waals surface area (Å²) in [5, 5.41) is 3.45. The number of ketones is 1. The van der Waals surface area contributed by atoms with Crippen LogP contribution in [0.15, 0.2) is 95.9 Å². The summed E-state index contributed by atoms with van der Waals surface area (Å²) < 4.78 is 34.8. The van der Waals surface area contributed by atoms with Crippen LogP contribution >= 0.6 is 23.2 Å². The summed E-state index contributed by atoms with van der Waals surface area (Å²) >= 11 is 12.0. The molecule has 0 atom stereocenters. The minimum Gasteiger partial charge on any atom is -0.492 e. The molecule has 0 bridgehead atoms. The number of carbonyl (C=O) groups is 2. The monoisotopic (exact) mass is 568 g/mol. The van der Waals surface area contributed by atoms with Crippen molar-refractivity contribution in [3.8, 4) is 5.75 Å². The van der Waals surface area contributed by atoms with Gasteiger partial charge in [-0.2, -0.15) is 0 Å². The van der Waals surface area contributed by atoms with Gasteiger partial charge < -0.3 is 10.1 Å². The fraction of sp³-hybridized carbons (Fsp3) is 0.0714. The summed E-state index contributed by atoms with van der Waals surface area (Å²) in [6.07, 6.45) is 0. The zero-order valence-corrected chi connectivity index (χ0v) is 22.4. The maximum absolute atomic E-state index is 13.4. The molecule has 0 spiro atoms. The van der Waals surface area contributed by atoms with Crippen LogP contribution in [0.1, 0.15) is 33.2 Å². The Kier molecular flexibility index (Phi) is 8.36. The van der Waals surface area contributed by atoms with Crippen LogP contribution in [-0.4, -0.2) is 26.7 Å². The summed E-state index contributed by atoms with van der Waals surface area (Å²) in [5.41, 5.74) is 1.02. The highest BCUT2D eigenvalue weighted by molar-refractivity contribution is 7.92. The average Bonchev–Trinajstić information content (AvgIpc) is 2.91. The molecule has 0 saturated heterocycles. The first kappa shape index (κ1) is 27.2. The quantitative estimate of drug-likeness (QED) is 0.219. The van der Waals surface area contributed by atoms with Crippen LogP contribution in [-0.2, 0) is 10.0 Å². The van der Waals surface area contributed by atoms with Crippen molar-refractivity contribution >= 4 is 56.3 Å². The number of halogens is 2. The van der Waals surface area contributed by atoms with Crippen molar-refractivity contribution < 1.29 is 22.7 Å². The van der Waals surface area contributed by atoms with E-state index in [1.165, 1.54) is 36.4 Å². The minimum atomic E-state index is -4.19. The molecule has 0 radical (unpaired) electrons. The van der Waals surface area contributed by atoms with E-state index in [0.717, 1.165) is 0 Å². The number of hydrogen-bond acceptors (Lipinski definition) is 5. The lowest BCUT2D eigenvalue weighted by Crippen LogP contribution is -2.17. The maximum atomic E-state index is 13.4. The molecule has 10 heteroatoms. The third kappa shape index (κ3) is 6.34. The van der Waals surface area contributed by atoms with Gasteiger partial charge in [0, 0.05) is 26.7 Å². The predicted octanol–water partition coefficient (Wildman–Crippen LogP) is 6.68. The van der Waals surface area contributed by atoms with E-state index in [9.17, 15) is 18.0 Å². The largest absolute Gasteiger partial charge is 0.492 e. The highest BCUT2D eigenvalue weighted by Gasteiger charge is 2.22. The van der Waals surface area contributed by atoms with Crippen molar-refractivity contribution in [1.82, 2.24) is 0 Å². The zero-order valence-electron chi connectivity index (χ0n) is 20.1. The SMILES string of the molecule is CCOc1ccc(S(=O)(=O)Nc2ccc(Cl)cc2C(=O)c2ccccc2)cc1NC(=O)c1ccc(Cl)cc1. The highest BCUT2D eigenvalue weighted by Crippen LogP contribution is 2.31. The van der Waals surface area contributed by atoms with E-state index in [2.05, 4.69) is 10.0 Å². The van der Waals surface area contributed by atoms with Crippen molar-refractivity contribution in [1.29, 1.82) is 0 Å². The number of carbonyl (C=O) groups excluding carboxylic acids is 2. The first-order valence-corrected chi connectivity index (χ1v) is 13.7. The molecule has 2 N–H and O–H groups in total. The van der Waals surface area contributed by atoms with E-state index in [-0.39, 0.29) is 26.9 Å². The molecular formula is C28H22Cl2N2O5S. The Balaban J connectivity index is 1.67. The summed E-state index contributed by atoms with van der Waals surface area (Å²) in [5.74, 6) is -0.577. The van der Waals surface area contributed by atoms with Gasteiger partial charge in [0.25, 0.3) is 15.9 Å². The first-order valence-electron chi connectivity index (χ1n) is 11.4. The molecule has 194 valence electrons. The summed E-state index contributed by atoms with van der Waals surface area (Å²) in [7, 11) is -4.19. The van der Waals surface area contributed by atoms with Crippen molar-refractivity contribution in [2.24, 2.45) is 0 Å². The molecular weight excluding hydrogens is 547 g/mol. The second-order valence-electron chi connectivity index (χ2n) is 8.04. The van der Waals surface area contributed by atoms with Gasteiger partial charge in [-0.05, 0) is 67.6 Å². The summed E-state index contributed by atoms with van der Waals surface area (Å²) in [6, 6.07) is 23.1. The number of rotatable bonds is 9. The van der Waals surface area contributed by atoms with Crippen molar-refractivity contribution in [2.75, 3.05) is 16.6 Å². The van der Waals surface area contributed by atoms with E-state index in [4.69, 9.17) is 27.9 Å². The lowest BCUT2D eigenvalue weighted by molar-refractivity contribution is 0.102. The van der Waals surface area contributed by atoms with Crippen LogP contribution in [0.3, 0.4) is 0 Å². The topological polar surface area (TPSA) is 102 Å². The van der Waals surface area contributed by atoms with Crippen LogP contribution in [0.4, 0.5) is 11.4 Å². The Morgan fingerprint density at radius 1 is 0.789 bits per heavy atom. The van der Waals surface area contributed by atoms with Gasteiger partial charge in [-0.25, -0.2) is 8.42 Å². The Morgan fingerprint density at radius 3 is 2.16 bits per heavy atom. The smallest absolute Gasteiger partial charge is 0.261 e. The van der Waals surface area contributed by atoms with E-state index in [1.54, 1.807) is 61.5 Å². The van der Waals surface area contributed by atoms with Crippen molar-refractivity contribution in [2.45, 2.75) is 11.8 Å². The van der Waals surface area contributed by atoms with Crippen molar-refractivity contribution in [3.63, 3.8) is 0 Å². The summed E-state index contributed by atoms with van der Waals surface area (Å²) in [6.45, 7) is 2.06. The number of amides is 1. The first-order chi connectivity index (χ1) is 18.2. The molecule has 0 aliphatic heterocycles. The second kappa shape index (κ2) is 11.7. The van der Waals surface area contributed by atoms with Crippen LogP contribution in [0.5, 0.6) is 5.75 Å². The number of benzene rings is 4.